The third kappa shape index (κ3) is 2.04. The van der Waals surface area contributed by atoms with Crippen molar-refractivity contribution >= 4 is 16.9 Å². The van der Waals surface area contributed by atoms with Crippen molar-refractivity contribution in [3.63, 3.8) is 0 Å². The Bertz CT molecular complexity index is 711. The van der Waals surface area contributed by atoms with E-state index in [2.05, 4.69) is 0 Å². The van der Waals surface area contributed by atoms with E-state index < -0.39 is 11.4 Å². The van der Waals surface area contributed by atoms with E-state index in [4.69, 9.17) is 0 Å². The molecule has 0 radical (unpaired) electrons. The van der Waals surface area contributed by atoms with Crippen LogP contribution in [0, 0.1) is 12.7 Å². The van der Waals surface area contributed by atoms with Gasteiger partial charge >= 0.3 is 5.97 Å². The van der Waals surface area contributed by atoms with E-state index in [1.54, 1.807) is 4.57 Å². The van der Waals surface area contributed by atoms with Gasteiger partial charge in [0.05, 0.1) is 10.9 Å². The molecule has 0 unspecified atom stereocenters. The molecule has 0 saturated heterocycles. The first-order valence-corrected chi connectivity index (χ1v) is 7.45. The molecule has 3 rings (SSSR count). The van der Waals surface area contributed by atoms with Crippen LogP contribution >= 0.6 is 0 Å². The predicted molar refractivity (Wildman–Crippen MR) is 80.0 cm³/mol. The molecular weight excluding hydrogens is 269 g/mol. The smallest absolute Gasteiger partial charge is 0.314 e. The second kappa shape index (κ2) is 4.86. The first kappa shape index (κ1) is 14.1. The molecule has 1 saturated carbocycles. The van der Waals surface area contributed by atoms with E-state index in [9.17, 15) is 14.3 Å². The number of carbonyl (C=O) groups is 1. The van der Waals surface area contributed by atoms with Crippen LogP contribution in [0.4, 0.5) is 4.39 Å². The molecule has 4 heteroatoms. The Hall–Kier alpha value is -1.84. The molecule has 0 amide bonds. The van der Waals surface area contributed by atoms with Crippen LogP contribution in [-0.2, 0) is 17.3 Å². The quantitative estimate of drug-likeness (QED) is 0.910. The van der Waals surface area contributed by atoms with Crippen molar-refractivity contribution in [1.82, 2.24) is 4.57 Å². The predicted octanol–water partition coefficient (Wildman–Crippen LogP) is 3.91. The molecule has 0 aliphatic heterocycles. The maximum atomic E-state index is 14.5. The second-order valence-corrected chi connectivity index (χ2v) is 6.23. The molecule has 0 atom stereocenters. The highest BCUT2D eigenvalue weighted by Gasteiger charge is 2.41. The van der Waals surface area contributed by atoms with Gasteiger partial charge in [-0.3, -0.25) is 4.79 Å². The van der Waals surface area contributed by atoms with Crippen LogP contribution in [0.1, 0.15) is 43.2 Å². The molecule has 112 valence electrons. The van der Waals surface area contributed by atoms with E-state index in [1.165, 1.54) is 6.07 Å². The molecule has 1 fully saturated rings. The molecule has 1 aromatic carbocycles. The Labute approximate surface area is 123 Å². The fourth-order valence-electron chi connectivity index (χ4n) is 3.74. The van der Waals surface area contributed by atoms with Crippen molar-refractivity contribution in [1.29, 1.82) is 0 Å². The van der Waals surface area contributed by atoms with Crippen molar-refractivity contribution in [3.8, 4) is 0 Å². The van der Waals surface area contributed by atoms with E-state index in [0.717, 1.165) is 30.2 Å². The van der Waals surface area contributed by atoms with E-state index in [-0.39, 0.29) is 5.82 Å². The van der Waals surface area contributed by atoms with Gasteiger partial charge in [-0.15, -0.1) is 0 Å². The molecule has 3 nitrogen and oxygen atoms in total. The van der Waals surface area contributed by atoms with Crippen LogP contribution < -0.4 is 0 Å². The molecule has 0 spiro atoms. The Morgan fingerprint density at radius 2 is 1.95 bits per heavy atom. The first-order chi connectivity index (χ1) is 9.95. The highest BCUT2D eigenvalue weighted by Crippen LogP contribution is 2.41. The highest BCUT2D eigenvalue weighted by molar-refractivity contribution is 5.88. The summed E-state index contributed by atoms with van der Waals surface area (Å²) < 4.78 is 16.3. The van der Waals surface area contributed by atoms with Gasteiger partial charge in [-0.05, 0) is 43.0 Å². The van der Waals surface area contributed by atoms with Gasteiger partial charge in [0.2, 0.25) is 0 Å². The third-order valence-corrected chi connectivity index (χ3v) is 4.90. The molecule has 1 heterocycles. The Kier molecular flexibility index (Phi) is 3.27. The summed E-state index contributed by atoms with van der Waals surface area (Å²) in [4.78, 5) is 11.9. The lowest BCUT2D eigenvalue weighted by molar-refractivity contribution is -0.145. The second-order valence-electron chi connectivity index (χ2n) is 6.23. The fraction of sp³-hybridized carbons (Fsp3) is 0.471. The molecular formula is C17H20FNO2. The lowest BCUT2D eigenvalue weighted by Crippen LogP contribution is -2.37. The largest absolute Gasteiger partial charge is 0.481 e. The topological polar surface area (TPSA) is 42.2 Å². The summed E-state index contributed by atoms with van der Waals surface area (Å²) in [6.07, 6.45) is 5.91. The number of aromatic nitrogens is 1. The van der Waals surface area contributed by atoms with Crippen LogP contribution in [0.15, 0.2) is 18.3 Å². The van der Waals surface area contributed by atoms with Crippen molar-refractivity contribution in [3.05, 3.63) is 35.3 Å². The number of halogens is 1. The maximum absolute atomic E-state index is 14.5. The summed E-state index contributed by atoms with van der Waals surface area (Å²) >= 11 is 0. The summed E-state index contributed by atoms with van der Waals surface area (Å²) in [5, 5.41) is 10.6. The number of fused-ring (bicyclic) bond motifs is 1. The SMILES string of the molecule is Cc1cn(C)c2c(F)cc(C3(C(=O)O)CCCCC3)cc12. The molecule has 1 aliphatic carbocycles. The third-order valence-electron chi connectivity index (χ3n) is 4.90. The fourth-order valence-corrected chi connectivity index (χ4v) is 3.74. The summed E-state index contributed by atoms with van der Waals surface area (Å²) in [6, 6.07) is 3.31. The zero-order valence-corrected chi connectivity index (χ0v) is 12.4. The van der Waals surface area contributed by atoms with Crippen LogP contribution in [0.5, 0.6) is 0 Å². The normalized spacial score (nSPS) is 18.0. The van der Waals surface area contributed by atoms with Crippen LogP contribution in [-0.4, -0.2) is 15.6 Å². The van der Waals surface area contributed by atoms with Crippen molar-refractivity contribution in [2.24, 2.45) is 7.05 Å². The number of aliphatic carboxylic acids is 1. The number of rotatable bonds is 2. The molecule has 2 aromatic rings. The lowest BCUT2D eigenvalue weighted by Gasteiger charge is -2.33. The zero-order valence-electron chi connectivity index (χ0n) is 12.4. The van der Waals surface area contributed by atoms with E-state index >= 15 is 0 Å². The van der Waals surface area contributed by atoms with E-state index in [0.29, 0.717) is 23.9 Å². The number of aryl methyl sites for hydroxylation is 2. The summed E-state index contributed by atoms with van der Waals surface area (Å²) in [6.45, 7) is 1.93. The minimum absolute atomic E-state index is 0.329. The van der Waals surface area contributed by atoms with Gasteiger partial charge in [0, 0.05) is 18.6 Å². The van der Waals surface area contributed by atoms with Gasteiger partial charge in [0.1, 0.15) is 5.82 Å². The summed E-state index contributed by atoms with van der Waals surface area (Å²) in [5.41, 5.74) is 1.22. The molecule has 21 heavy (non-hydrogen) atoms. The molecule has 1 N–H and O–H groups in total. The van der Waals surface area contributed by atoms with Crippen molar-refractivity contribution in [2.75, 3.05) is 0 Å². The Balaban J connectivity index is 2.23. The number of hydrogen-bond donors (Lipinski definition) is 1. The highest BCUT2D eigenvalue weighted by atomic mass is 19.1. The van der Waals surface area contributed by atoms with E-state index in [1.807, 2.05) is 26.2 Å². The molecule has 0 bridgehead atoms. The Morgan fingerprint density at radius 3 is 2.57 bits per heavy atom. The average molecular weight is 289 g/mol. The molecule has 1 aromatic heterocycles. The van der Waals surface area contributed by atoms with Gasteiger partial charge in [-0.2, -0.15) is 0 Å². The number of carboxylic acid groups (broad SMARTS) is 1. The van der Waals surface area contributed by atoms with Crippen molar-refractivity contribution in [2.45, 2.75) is 44.4 Å². The minimum Gasteiger partial charge on any atom is -0.481 e. The zero-order chi connectivity index (χ0) is 15.2. The van der Waals surface area contributed by atoms with Crippen LogP contribution in [0.2, 0.25) is 0 Å². The summed E-state index contributed by atoms with van der Waals surface area (Å²) in [7, 11) is 1.81. The van der Waals surface area contributed by atoms with Gasteiger partial charge < -0.3 is 9.67 Å². The van der Waals surface area contributed by atoms with Gasteiger partial charge in [-0.1, -0.05) is 19.3 Å². The number of nitrogens with zero attached hydrogens (tertiary/aromatic N) is 1. The first-order valence-electron chi connectivity index (χ1n) is 7.45. The average Bonchev–Trinajstić information content (AvgIpc) is 2.74. The maximum Gasteiger partial charge on any atom is 0.314 e. The van der Waals surface area contributed by atoms with Crippen LogP contribution in [0.3, 0.4) is 0 Å². The number of hydrogen-bond acceptors (Lipinski definition) is 1. The number of carboxylic acids is 1. The monoisotopic (exact) mass is 289 g/mol. The standard InChI is InChI=1S/C17H20FNO2/c1-11-10-19(2)15-13(11)8-12(9-14(15)18)17(16(20)21)6-4-3-5-7-17/h8-10H,3-7H2,1-2H3,(H,20,21). The summed E-state index contributed by atoms with van der Waals surface area (Å²) in [5.74, 6) is -1.15. The van der Waals surface area contributed by atoms with Gasteiger partial charge in [0.15, 0.2) is 0 Å². The van der Waals surface area contributed by atoms with Gasteiger partial charge in [0.25, 0.3) is 0 Å². The van der Waals surface area contributed by atoms with Crippen molar-refractivity contribution < 1.29 is 14.3 Å². The minimum atomic E-state index is -0.921. The molecule has 1 aliphatic rings. The van der Waals surface area contributed by atoms with Gasteiger partial charge in [-0.25, -0.2) is 4.39 Å². The van der Waals surface area contributed by atoms with Crippen LogP contribution in [0.25, 0.3) is 10.9 Å². The Morgan fingerprint density at radius 1 is 1.29 bits per heavy atom. The lowest BCUT2D eigenvalue weighted by atomic mass is 9.69. The number of benzene rings is 1.